The van der Waals surface area contributed by atoms with Gasteiger partial charge in [-0.3, -0.25) is 4.99 Å². The minimum Gasteiger partial charge on any atom is -0.477 e. The van der Waals surface area contributed by atoms with Crippen LogP contribution in [0, 0.1) is 18.7 Å². The number of benzene rings is 1. The van der Waals surface area contributed by atoms with Crippen molar-refractivity contribution in [2.75, 3.05) is 13.7 Å². The van der Waals surface area contributed by atoms with Crippen molar-refractivity contribution in [2.45, 2.75) is 32.9 Å². The molecule has 0 atom stereocenters. The van der Waals surface area contributed by atoms with E-state index in [2.05, 4.69) is 20.6 Å². The standard InChI is InChI=1S/C20H25FN4O.HI/c1-14-9-16(5-6-18(14)21)11-24-20(22-2)25-12-17-7-8-23-19(10-17)26-13-15-3-4-15;/h5-10,15H,3-4,11-13H2,1-2H3,(H2,22,24,25);1H. The molecule has 0 aliphatic heterocycles. The Morgan fingerprint density at radius 2 is 1.89 bits per heavy atom. The topological polar surface area (TPSA) is 58.5 Å². The first kappa shape index (κ1) is 21.4. The van der Waals surface area contributed by atoms with Crippen LogP contribution in [0.4, 0.5) is 4.39 Å². The van der Waals surface area contributed by atoms with Crippen LogP contribution in [0.15, 0.2) is 41.5 Å². The fourth-order valence-corrected chi connectivity index (χ4v) is 2.54. The lowest BCUT2D eigenvalue weighted by Gasteiger charge is -2.13. The van der Waals surface area contributed by atoms with Crippen molar-refractivity contribution in [1.82, 2.24) is 15.6 Å². The van der Waals surface area contributed by atoms with Crippen LogP contribution in [0.1, 0.15) is 29.5 Å². The molecule has 1 fully saturated rings. The van der Waals surface area contributed by atoms with Crippen LogP contribution < -0.4 is 15.4 Å². The second kappa shape index (κ2) is 10.4. The Hall–Kier alpha value is -1.90. The Balaban J connectivity index is 0.00000261. The van der Waals surface area contributed by atoms with E-state index in [4.69, 9.17) is 4.74 Å². The number of nitrogens with zero attached hydrogens (tertiary/aromatic N) is 2. The van der Waals surface area contributed by atoms with Gasteiger partial charge in [0.25, 0.3) is 0 Å². The molecular weight excluding hydrogens is 458 g/mol. The summed E-state index contributed by atoms with van der Waals surface area (Å²) < 4.78 is 19.0. The van der Waals surface area contributed by atoms with Crippen LogP contribution in [0.3, 0.4) is 0 Å². The second-order valence-electron chi connectivity index (χ2n) is 6.62. The molecule has 7 heteroatoms. The van der Waals surface area contributed by atoms with Gasteiger partial charge < -0.3 is 15.4 Å². The minimum absolute atomic E-state index is 0. The fourth-order valence-electron chi connectivity index (χ4n) is 2.54. The highest BCUT2D eigenvalue weighted by atomic mass is 127. The maximum absolute atomic E-state index is 13.3. The highest BCUT2D eigenvalue weighted by Crippen LogP contribution is 2.29. The number of halogens is 2. The summed E-state index contributed by atoms with van der Waals surface area (Å²) in [5, 5.41) is 6.50. The van der Waals surface area contributed by atoms with E-state index in [0.717, 1.165) is 17.7 Å². The van der Waals surface area contributed by atoms with Crippen LogP contribution in [0.25, 0.3) is 0 Å². The molecule has 1 aromatic carbocycles. The lowest BCUT2D eigenvalue weighted by atomic mass is 10.1. The van der Waals surface area contributed by atoms with E-state index in [-0.39, 0.29) is 29.8 Å². The third-order valence-corrected chi connectivity index (χ3v) is 4.33. The molecule has 3 rings (SSSR count). The van der Waals surface area contributed by atoms with E-state index in [1.54, 1.807) is 26.2 Å². The summed E-state index contributed by atoms with van der Waals surface area (Å²) >= 11 is 0. The number of hydrogen-bond acceptors (Lipinski definition) is 3. The Morgan fingerprint density at radius 3 is 2.52 bits per heavy atom. The van der Waals surface area contributed by atoms with Crippen molar-refractivity contribution in [3.8, 4) is 5.88 Å². The molecule has 2 N–H and O–H groups in total. The molecule has 1 heterocycles. The number of pyridine rings is 1. The maximum Gasteiger partial charge on any atom is 0.213 e. The van der Waals surface area contributed by atoms with Crippen LogP contribution >= 0.6 is 24.0 Å². The summed E-state index contributed by atoms with van der Waals surface area (Å²) in [6, 6.07) is 9.00. The number of hydrogen-bond donors (Lipinski definition) is 2. The van der Waals surface area contributed by atoms with Crippen molar-refractivity contribution >= 4 is 29.9 Å². The molecule has 146 valence electrons. The highest BCUT2D eigenvalue weighted by Gasteiger charge is 2.22. The minimum atomic E-state index is -0.186. The molecule has 1 saturated carbocycles. The molecule has 1 aromatic heterocycles. The van der Waals surface area contributed by atoms with Gasteiger partial charge >= 0.3 is 0 Å². The Bertz CT molecular complexity index is 780. The molecular formula is C20H26FIN4O. The van der Waals surface area contributed by atoms with Crippen molar-refractivity contribution in [3.05, 3.63) is 59.0 Å². The van der Waals surface area contributed by atoms with Crippen molar-refractivity contribution in [2.24, 2.45) is 10.9 Å². The van der Waals surface area contributed by atoms with E-state index < -0.39 is 0 Å². The van der Waals surface area contributed by atoms with Crippen LogP contribution in [0.5, 0.6) is 5.88 Å². The summed E-state index contributed by atoms with van der Waals surface area (Å²) in [6.07, 6.45) is 4.28. The first-order valence-electron chi connectivity index (χ1n) is 8.91. The molecule has 1 aliphatic carbocycles. The highest BCUT2D eigenvalue weighted by molar-refractivity contribution is 14.0. The zero-order valence-electron chi connectivity index (χ0n) is 15.7. The van der Waals surface area contributed by atoms with Gasteiger partial charge in [-0.1, -0.05) is 12.1 Å². The lowest BCUT2D eigenvalue weighted by molar-refractivity contribution is 0.288. The molecule has 0 amide bonds. The maximum atomic E-state index is 13.3. The number of aryl methyl sites for hydroxylation is 1. The molecule has 2 aromatic rings. The lowest BCUT2D eigenvalue weighted by Crippen LogP contribution is -2.36. The average Bonchev–Trinajstić information content (AvgIpc) is 3.48. The molecule has 0 bridgehead atoms. The van der Waals surface area contributed by atoms with Gasteiger partial charge in [-0.15, -0.1) is 24.0 Å². The predicted octanol–water partition coefficient (Wildman–Crippen LogP) is 3.80. The van der Waals surface area contributed by atoms with Gasteiger partial charge in [-0.2, -0.15) is 0 Å². The summed E-state index contributed by atoms with van der Waals surface area (Å²) in [5.41, 5.74) is 2.72. The molecule has 0 spiro atoms. The third-order valence-electron chi connectivity index (χ3n) is 4.33. The molecule has 0 saturated heterocycles. The first-order chi connectivity index (χ1) is 12.6. The first-order valence-corrected chi connectivity index (χ1v) is 8.91. The van der Waals surface area contributed by atoms with Gasteiger partial charge in [0, 0.05) is 32.4 Å². The van der Waals surface area contributed by atoms with Gasteiger partial charge in [0.1, 0.15) is 5.82 Å². The van der Waals surface area contributed by atoms with Gasteiger partial charge in [0.15, 0.2) is 5.96 Å². The van der Waals surface area contributed by atoms with Crippen LogP contribution in [-0.2, 0) is 13.1 Å². The van der Waals surface area contributed by atoms with Gasteiger partial charge in [0.05, 0.1) is 6.61 Å². The predicted molar refractivity (Wildman–Crippen MR) is 116 cm³/mol. The summed E-state index contributed by atoms with van der Waals surface area (Å²) in [6.45, 7) is 3.71. The molecule has 1 aliphatic rings. The number of guanidine groups is 1. The van der Waals surface area contributed by atoms with Gasteiger partial charge in [-0.05, 0) is 54.5 Å². The largest absolute Gasteiger partial charge is 0.477 e. The Kier molecular flexibility index (Phi) is 8.27. The smallest absolute Gasteiger partial charge is 0.213 e. The summed E-state index contributed by atoms with van der Waals surface area (Å²) in [7, 11) is 1.72. The van der Waals surface area contributed by atoms with Crippen molar-refractivity contribution in [1.29, 1.82) is 0 Å². The number of rotatable bonds is 7. The van der Waals surface area contributed by atoms with E-state index in [1.807, 2.05) is 18.2 Å². The molecule has 27 heavy (non-hydrogen) atoms. The molecule has 5 nitrogen and oxygen atoms in total. The summed E-state index contributed by atoms with van der Waals surface area (Å²) in [4.78, 5) is 8.47. The van der Waals surface area contributed by atoms with Crippen molar-refractivity contribution in [3.63, 3.8) is 0 Å². The third kappa shape index (κ3) is 6.97. The normalized spacial score (nSPS) is 13.7. The Labute approximate surface area is 176 Å². The number of nitrogens with one attached hydrogen (secondary N) is 2. The number of aliphatic imine (C=N–C) groups is 1. The molecule has 0 unspecified atom stereocenters. The van der Waals surface area contributed by atoms with Gasteiger partial charge in [-0.25, -0.2) is 9.37 Å². The second-order valence-corrected chi connectivity index (χ2v) is 6.62. The quantitative estimate of drug-likeness (QED) is 0.357. The molecule has 0 radical (unpaired) electrons. The zero-order chi connectivity index (χ0) is 18.4. The van der Waals surface area contributed by atoms with E-state index in [0.29, 0.717) is 36.4 Å². The monoisotopic (exact) mass is 484 g/mol. The van der Waals surface area contributed by atoms with E-state index >= 15 is 0 Å². The summed E-state index contributed by atoms with van der Waals surface area (Å²) in [5.74, 6) is 1.87. The number of ether oxygens (including phenoxy) is 1. The van der Waals surface area contributed by atoms with Crippen molar-refractivity contribution < 1.29 is 9.13 Å². The SMILES string of the molecule is CN=C(NCc1ccnc(OCC2CC2)c1)NCc1ccc(F)c(C)c1.I. The number of aromatic nitrogens is 1. The van der Waals surface area contributed by atoms with Crippen LogP contribution in [0.2, 0.25) is 0 Å². The fraction of sp³-hybridized carbons (Fsp3) is 0.400. The van der Waals surface area contributed by atoms with Crippen LogP contribution in [-0.4, -0.2) is 24.6 Å². The Morgan fingerprint density at radius 1 is 1.19 bits per heavy atom. The van der Waals surface area contributed by atoms with E-state index in [1.165, 1.54) is 18.9 Å². The average molecular weight is 484 g/mol. The van der Waals surface area contributed by atoms with E-state index in [9.17, 15) is 4.39 Å². The van der Waals surface area contributed by atoms with Gasteiger partial charge in [0.2, 0.25) is 5.88 Å². The zero-order valence-corrected chi connectivity index (χ0v) is 18.0.